The molecule has 20 heavy (non-hydrogen) atoms. The first-order valence-electron chi connectivity index (χ1n) is 7.92. The van der Waals surface area contributed by atoms with Crippen molar-refractivity contribution >= 4 is 10.9 Å². The third kappa shape index (κ3) is 3.01. The number of fused-ring (bicyclic) bond motifs is 1. The first kappa shape index (κ1) is 13.6. The Kier molecular flexibility index (Phi) is 4.31. The number of benzene rings is 1. The van der Waals surface area contributed by atoms with Crippen LogP contribution < -0.4 is 0 Å². The van der Waals surface area contributed by atoms with E-state index >= 15 is 0 Å². The molecule has 0 radical (unpaired) electrons. The highest BCUT2D eigenvalue weighted by Crippen LogP contribution is 2.23. The molecule has 1 saturated heterocycles. The second kappa shape index (κ2) is 6.36. The van der Waals surface area contributed by atoms with E-state index in [4.69, 9.17) is 0 Å². The lowest BCUT2D eigenvalue weighted by molar-refractivity contribution is 0.273. The van der Waals surface area contributed by atoms with Crippen molar-refractivity contribution < 1.29 is 0 Å². The molecule has 0 aliphatic carbocycles. The molecule has 1 unspecified atom stereocenters. The summed E-state index contributed by atoms with van der Waals surface area (Å²) < 4.78 is 0. The Bertz CT molecular complexity index is 559. The van der Waals surface area contributed by atoms with Crippen LogP contribution in [0.5, 0.6) is 0 Å². The van der Waals surface area contributed by atoms with Gasteiger partial charge in [-0.3, -0.25) is 9.88 Å². The average Bonchev–Trinajstić information content (AvgIpc) is 2.73. The van der Waals surface area contributed by atoms with Crippen LogP contribution in [0, 0.1) is 5.92 Å². The fourth-order valence-electron chi connectivity index (χ4n) is 3.33. The standard InChI is InChI=1S/C18H24N2/c1-2-15-6-5-12-20(13-10-15)14-17-8-3-7-16-9-4-11-19-18(16)17/h3-4,7-9,11,15H,2,5-6,10,12-14H2,1H3. The maximum Gasteiger partial charge on any atom is 0.0746 e. The SMILES string of the molecule is CCC1CCCN(Cc2cccc3cccnc23)CC1. The molecule has 0 spiro atoms. The fourth-order valence-corrected chi connectivity index (χ4v) is 3.33. The molecule has 1 aromatic heterocycles. The second-order valence-corrected chi connectivity index (χ2v) is 5.97. The summed E-state index contributed by atoms with van der Waals surface area (Å²) in [6.07, 6.45) is 7.34. The van der Waals surface area contributed by atoms with Crippen LogP contribution in [0.15, 0.2) is 36.5 Å². The van der Waals surface area contributed by atoms with Crippen LogP contribution in [0.3, 0.4) is 0 Å². The normalized spacial score (nSPS) is 20.9. The largest absolute Gasteiger partial charge is 0.299 e. The zero-order valence-corrected chi connectivity index (χ0v) is 12.4. The number of rotatable bonds is 3. The van der Waals surface area contributed by atoms with Crippen molar-refractivity contribution in [2.24, 2.45) is 5.92 Å². The Labute approximate surface area is 121 Å². The molecule has 1 fully saturated rings. The number of nitrogens with zero attached hydrogens (tertiary/aromatic N) is 2. The Balaban J connectivity index is 1.76. The van der Waals surface area contributed by atoms with Gasteiger partial charge in [0.2, 0.25) is 0 Å². The maximum atomic E-state index is 4.57. The van der Waals surface area contributed by atoms with Crippen molar-refractivity contribution in [3.8, 4) is 0 Å². The Hall–Kier alpha value is -1.41. The molecule has 3 rings (SSSR count). The van der Waals surface area contributed by atoms with Gasteiger partial charge in [0, 0.05) is 18.1 Å². The number of hydrogen-bond acceptors (Lipinski definition) is 2. The minimum atomic E-state index is 0.936. The molecule has 1 aliphatic rings. The topological polar surface area (TPSA) is 16.1 Å². The molecular weight excluding hydrogens is 244 g/mol. The Morgan fingerprint density at radius 3 is 2.95 bits per heavy atom. The van der Waals surface area contributed by atoms with Gasteiger partial charge in [0.05, 0.1) is 5.52 Å². The molecule has 2 aromatic rings. The van der Waals surface area contributed by atoms with E-state index in [9.17, 15) is 0 Å². The predicted molar refractivity (Wildman–Crippen MR) is 84.7 cm³/mol. The van der Waals surface area contributed by atoms with Gasteiger partial charge in [-0.15, -0.1) is 0 Å². The molecule has 1 aliphatic heterocycles. The highest BCUT2D eigenvalue weighted by Gasteiger charge is 2.16. The summed E-state index contributed by atoms with van der Waals surface area (Å²) in [6.45, 7) is 5.85. The van der Waals surface area contributed by atoms with E-state index in [2.05, 4.69) is 41.1 Å². The summed E-state index contributed by atoms with van der Waals surface area (Å²) in [5.74, 6) is 0.936. The molecule has 0 bridgehead atoms. The third-order valence-corrected chi connectivity index (χ3v) is 4.63. The minimum Gasteiger partial charge on any atom is -0.299 e. The van der Waals surface area contributed by atoms with E-state index in [1.165, 1.54) is 55.2 Å². The first-order chi connectivity index (χ1) is 9.86. The van der Waals surface area contributed by atoms with Crippen molar-refractivity contribution in [3.63, 3.8) is 0 Å². The van der Waals surface area contributed by atoms with Gasteiger partial charge in [-0.05, 0) is 49.9 Å². The number of aromatic nitrogens is 1. The monoisotopic (exact) mass is 268 g/mol. The van der Waals surface area contributed by atoms with Gasteiger partial charge in [0.1, 0.15) is 0 Å². The first-order valence-corrected chi connectivity index (χ1v) is 7.92. The molecule has 2 heterocycles. The van der Waals surface area contributed by atoms with Crippen molar-refractivity contribution in [2.75, 3.05) is 13.1 Å². The molecule has 106 valence electrons. The van der Waals surface area contributed by atoms with Crippen LogP contribution in [0.25, 0.3) is 10.9 Å². The summed E-state index contributed by atoms with van der Waals surface area (Å²) in [5, 5.41) is 1.26. The van der Waals surface area contributed by atoms with Gasteiger partial charge in [-0.25, -0.2) is 0 Å². The van der Waals surface area contributed by atoms with Crippen LogP contribution in [0.1, 0.15) is 38.2 Å². The third-order valence-electron chi connectivity index (χ3n) is 4.63. The number of hydrogen-bond donors (Lipinski definition) is 0. The van der Waals surface area contributed by atoms with E-state index in [1.807, 2.05) is 12.3 Å². The van der Waals surface area contributed by atoms with Crippen molar-refractivity contribution in [3.05, 3.63) is 42.1 Å². The fraction of sp³-hybridized carbons (Fsp3) is 0.500. The Morgan fingerprint density at radius 2 is 2.05 bits per heavy atom. The molecular formula is C18H24N2. The van der Waals surface area contributed by atoms with Crippen LogP contribution in [0.4, 0.5) is 0 Å². The summed E-state index contributed by atoms with van der Waals surface area (Å²) in [6, 6.07) is 10.7. The smallest absolute Gasteiger partial charge is 0.0746 e. The minimum absolute atomic E-state index is 0.936. The van der Waals surface area contributed by atoms with E-state index in [-0.39, 0.29) is 0 Å². The highest BCUT2D eigenvalue weighted by molar-refractivity contribution is 5.81. The molecule has 1 aromatic carbocycles. The summed E-state index contributed by atoms with van der Waals surface area (Å²) in [4.78, 5) is 7.18. The second-order valence-electron chi connectivity index (χ2n) is 5.97. The number of pyridine rings is 1. The predicted octanol–water partition coefficient (Wildman–Crippen LogP) is 4.25. The van der Waals surface area contributed by atoms with Crippen LogP contribution >= 0.6 is 0 Å². The van der Waals surface area contributed by atoms with E-state index in [0.29, 0.717) is 0 Å². The summed E-state index contributed by atoms with van der Waals surface area (Å²) in [7, 11) is 0. The van der Waals surface area contributed by atoms with Gasteiger partial charge in [-0.1, -0.05) is 37.6 Å². The summed E-state index contributed by atoms with van der Waals surface area (Å²) in [5.41, 5.74) is 2.55. The van der Waals surface area contributed by atoms with Crippen LogP contribution in [-0.2, 0) is 6.54 Å². The molecule has 2 heteroatoms. The van der Waals surface area contributed by atoms with E-state index in [1.54, 1.807) is 0 Å². The van der Waals surface area contributed by atoms with Gasteiger partial charge in [-0.2, -0.15) is 0 Å². The van der Waals surface area contributed by atoms with Crippen molar-refractivity contribution in [2.45, 2.75) is 39.2 Å². The molecule has 2 nitrogen and oxygen atoms in total. The van der Waals surface area contributed by atoms with Gasteiger partial charge >= 0.3 is 0 Å². The van der Waals surface area contributed by atoms with Crippen molar-refractivity contribution in [1.82, 2.24) is 9.88 Å². The lowest BCUT2D eigenvalue weighted by Gasteiger charge is -2.20. The van der Waals surface area contributed by atoms with Gasteiger partial charge in [0.25, 0.3) is 0 Å². The zero-order chi connectivity index (χ0) is 13.8. The lowest BCUT2D eigenvalue weighted by atomic mass is 9.98. The van der Waals surface area contributed by atoms with Gasteiger partial charge in [0.15, 0.2) is 0 Å². The summed E-state index contributed by atoms with van der Waals surface area (Å²) >= 11 is 0. The quantitative estimate of drug-likeness (QED) is 0.827. The van der Waals surface area contributed by atoms with E-state index < -0.39 is 0 Å². The number of para-hydroxylation sites is 1. The maximum absolute atomic E-state index is 4.57. The van der Waals surface area contributed by atoms with Crippen LogP contribution in [-0.4, -0.2) is 23.0 Å². The van der Waals surface area contributed by atoms with Crippen LogP contribution in [0.2, 0.25) is 0 Å². The van der Waals surface area contributed by atoms with E-state index in [0.717, 1.165) is 12.5 Å². The average molecular weight is 268 g/mol. The molecule has 1 atom stereocenters. The molecule has 0 N–H and O–H groups in total. The Morgan fingerprint density at radius 1 is 1.15 bits per heavy atom. The zero-order valence-electron chi connectivity index (χ0n) is 12.4. The molecule has 0 saturated carbocycles. The lowest BCUT2D eigenvalue weighted by Crippen LogP contribution is -2.24. The molecule has 0 amide bonds. The van der Waals surface area contributed by atoms with Gasteiger partial charge < -0.3 is 0 Å². The van der Waals surface area contributed by atoms with Crippen molar-refractivity contribution in [1.29, 1.82) is 0 Å². The highest BCUT2D eigenvalue weighted by atomic mass is 15.1. The number of likely N-dealkylation sites (tertiary alicyclic amines) is 1.